The van der Waals surface area contributed by atoms with Crippen LogP contribution in [0.25, 0.3) is 0 Å². The summed E-state index contributed by atoms with van der Waals surface area (Å²) in [6.45, 7) is 4.35. The summed E-state index contributed by atoms with van der Waals surface area (Å²) in [6, 6.07) is 6.48. The largest absolute Gasteiger partial charge is 0.0924 e. The highest BCUT2D eigenvalue weighted by atomic mass is 79.9. The van der Waals surface area contributed by atoms with Gasteiger partial charge in [-0.2, -0.15) is 0 Å². The molecule has 0 aliphatic heterocycles. The minimum atomic E-state index is 1.05. The molecule has 0 aromatic heterocycles. The summed E-state index contributed by atoms with van der Waals surface area (Å²) in [5, 5.41) is 1.05. The van der Waals surface area contributed by atoms with Gasteiger partial charge in [-0.3, -0.25) is 0 Å². The fraction of sp³-hybridized carbons (Fsp3) is 0.400. The molecular formula is C10H13Br. The van der Waals surface area contributed by atoms with Gasteiger partial charge in [0.15, 0.2) is 0 Å². The molecule has 0 radical (unpaired) electrons. The quantitative estimate of drug-likeness (QED) is 0.661. The predicted molar refractivity (Wildman–Crippen MR) is 53.4 cm³/mol. The van der Waals surface area contributed by atoms with Gasteiger partial charge in [-0.25, -0.2) is 0 Å². The smallest absolute Gasteiger partial charge is 0.00719 e. The van der Waals surface area contributed by atoms with Crippen molar-refractivity contribution in [1.82, 2.24) is 0 Å². The van der Waals surface area contributed by atoms with E-state index in [9.17, 15) is 0 Å². The number of hydrogen-bond acceptors (Lipinski definition) is 0. The zero-order valence-electron chi connectivity index (χ0n) is 7.02. The minimum absolute atomic E-state index is 1.05. The van der Waals surface area contributed by atoms with Crippen molar-refractivity contribution >= 4 is 15.9 Å². The normalized spacial score (nSPS) is 10.1. The molecule has 0 amide bonds. The second kappa shape index (κ2) is 3.91. The van der Waals surface area contributed by atoms with Crippen molar-refractivity contribution in [2.75, 3.05) is 5.33 Å². The van der Waals surface area contributed by atoms with Crippen LogP contribution in [0, 0.1) is 13.8 Å². The van der Waals surface area contributed by atoms with Crippen LogP contribution >= 0.6 is 15.9 Å². The zero-order valence-corrected chi connectivity index (χ0v) is 8.61. The topological polar surface area (TPSA) is 0 Å². The molecule has 11 heavy (non-hydrogen) atoms. The molecule has 1 aromatic carbocycles. The fourth-order valence-corrected chi connectivity index (χ4v) is 1.61. The lowest BCUT2D eigenvalue weighted by molar-refractivity contribution is 1.12. The molecule has 0 N–H and O–H groups in total. The van der Waals surface area contributed by atoms with Gasteiger partial charge >= 0.3 is 0 Å². The van der Waals surface area contributed by atoms with Crippen LogP contribution in [0.5, 0.6) is 0 Å². The van der Waals surface area contributed by atoms with E-state index in [2.05, 4.69) is 48.0 Å². The fourth-order valence-electron chi connectivity index (χ4n) is 1.18. The van der Waals surface area contributed by atoms with E-state index in [1.807, 2.05) is 0 Å². The number of alkyl halides is 1. The van der Waals surface area contributed by atoms with Gasteiger partial charge in [-0.05, 0) is 37.0 Å². The number of aryl methyl sites for hydroxylation is 2. The first-order chi connectivity index (χ1) is 5.25. The Bertz CT molecular complexity index is 241. The molecule has 0 nitrogen and oxygen atoms in total. The highest BCUT2D eigenvalue weighted by Crippen LogP contribution is 2.13. The number of hydrogen-bond donors (Lipinski definition) is 0. The molecule has 0 bridgehead atoms. The molecule has 0 unspecified atom stereocenters. The van der Waals surface area contributed by atoms with Crippen LogP contribution in [-0.2, 0) is 6.42 Å². The Kier molecular flexibility index (Phi) is 3.13. The van der Waals surface area contributed by atoms with E-state index in [0.29, 0.717) is 0 Å². The van der Waals surface area contributed by atoms with Crippen LogP contribution < -0.4 is 0 Å². The standard InChI is InChI=1S/C10H13Br/c1-8-4-3-5-10(6-7-11)9(8)2/h3-5H,6-7H2,1-2H3. The molecule has 0 atom stereocenters. The van der Waals surface area contributed by atoms with Gasteiger partial charge < -0.3 is 0 Å². The van der Waals surface area contributed by atoms with Gasteiger partial charge in [-0.15, -0.1) is 0 Å². The van der Waals surface area contributed by atoms with Crippen LogP contribution in [0.3, 0.4) is 0 Å². The summed E-state index contributed by atoms with van der Waals surface area (Å²) in [5.41, 5.74) is 4.29. The van der Waals surface area contributed by atoms with E-state index in [4.69, 9.17) is 0 Å². The summed E-state index contributed by atoms with van der Waals surface area (Å²) in [7, 11) is 0. The Morgan fingerprint density at radius 3 is 2.64 bits per heavy atom. The lowest BCUT2D eigenvalue weighted by Crippen LogP contribution is -1.92. The van der Waals surface area contributed by atoms with Crippen molar-refractivity contribution in [2.24, 2.45) is 0 Å². The highest BCUT2D eigenvalue weighted by Gasteiger charge is 1.97. The van der Waals surface area contributed by atoms with E-state index in [-0.39, 0.29) is 0 Å². The molecule has 0 saturated heterocycles. The predicted octanol–water partition coefficient (Wildman–Crippen LogP) is 3.24. The van der Waals surface area contributed by atoms with Crippen molar-refractivity contribution in [2.45, 2.75) is 20.3 Å². The lowest BCUT2D eigenvalue weighted by atomic mass is 10.0. The molecule has 0 spiro atoms. The Labute approximate surface area is 76.8 Å². The molecule has 1 aromatic rings. The second-order valence-electron chi connectivity index (χ2n) is 2.80. The Morgan fingerprint density at radius 1 is 1.27 bits per heavy atom. The van der Waals surface area contributed by atoms with Crippen LogP contribution in [-0.4, -0.2) is 5.33 Å². The van der Waals surface area contributed by atoms with Gasteiger partial charge in [0.05, 0.1) is 0 Å². The molecule has 1 heteroatoms. The maximum atomic E-state index is 3.44. The summed E-state index contributed by atoms with van der Waals surface area (Å²) in [6.07, 6.45) is 1.13. The van der Waals surface area contributed by atoms with Crippen LogP contribution in [0.4, 0.5) is 0 Å². The summed E-state index contributed by atoms with van der Waals surface area (Å²) < 4.78 is 0. The molecule has 0 saturated carbocycles. The maximum absolute atomic E-state index is 3.44. The molecular weight excluding hydrogens is 200 g/mol. The van der Waals surface area contributed by atoms with E-state index >= 15 is 0 Å². The molecule has 0 fully saturated rings. The monoisotopic (exact) mass is 212 g/mol. The molecule has 60 valence electrons. The second-order valence-corrected chi connectivity index (χ2v) is 3.59. The third kappa shape index (κ3) is 2.06. The lowest BCUT2D eigenvalue weighted by Gasteiger charge is -2.05. The average Bonchev–Trinajstić information content (AvgIpc) is 1.99. The van der Waals surface area contributed by atoms with Gasteiger partial charge in [0.25, 0.3) is 0 Å². The minimum Gasteiger partial charge on any atom is -0.0924 e. The SMILES string of the molecule is Cc1cccc(CCBr)c1C. The Balaban J connectivity index is 2.96. The van der Waals surface area contributed by atoms with E-state index in [0.717, 1.165) is 11.8 Å². The van der Waals surface area contributed by atoms with Crippen molar-refractivity contribution in [1.29, 1.82) is 0 Å². The summed E-state index contributed by atoms with van der Waals surface area (Å²) in [4.78, 5) is 0. The van der Waals surface area contributed by atoms with Crippen LogP contribution in [0.15, 0.2) is 18.2 Å². The Morgan fingerprint density at radius 2 is 2.00 bits per heavy atom. The van der Waals surface area contributed by atoms with E-state index in [1.54, 1.807) is 0 Å². The van der Waals surface area contributed by atoms with Crippen LogP contribution in [0.2, 0.25) is 0 Å². The van der Waals surface area contributed by atoms with Crippen LogP contribution in [0.1, 0.15) is 16.7 Å². The average molecular weight is 213 g/mol. The van der Waals surface area contributed by atoms with Crippen molar-refractivity contribution < 1.29 is 0 Å². The number of rotatable bonds is 2. The van der Waals surface area contributed by atoms with Gasteiger partial charge in [0, 0.05) is 5.33 Å². The van der Waals surface area contributed by atoms with Gasteiger partial charge in [0.1, 0.15) is 0 Å². The zero-order chi connectivity index (χ0) is 8.27. The van der Waals surface area contributed by atoms with E-state index < -0.39 is 0 Å². The number of benzene rings is 1. The first kappa shape index (κ1) is 8.79. The summed E-state index contributed by atoms with van der Waals surface area (Å²) in [5.74, 6) is 0. The summed E-state index contributed by atoms with van der Waals surface area (Å²) >= 11 is 3.44. The van der Waals surface area contributed by atoms with E-state index in [1.165, 1.54) is 16.7 Å². The molecule has 0 aliphatic rings. The molecule has 0 aliphatic carbocycles. The van der Waals surface area contributed by atoms with Crippen molar-refractivity contribution in [3.05, 3.63) is 34.9 Å². The van der Waals surface area contributed by atoms with Crippen molar-refractivity contribution in [3.8, 4) is 0 Å². The highest BCUT2D eigenvalue weighted by molar-refractivity contribution is 9.09. The third-order valence-electron chi connectivity index (χ3n) is 2.08. The third-order valence-corrected chi connectivity index (χ3v) is 2.48. The van der Waals surface area contributed by atoms with Crippen molar-refractivity contribution in [3.63, 3.8) is 0 Å². The Hall–Kier alpha value is -0.300. The van der Waals surface area contributed by atoms with Gasteiger partial charge in [0.2, 0.25) is 0 Å². The first-order valence-corrected chi connectivity index (χ1v) is 4.99. The first-order valence-electron chi connectivity index (χ1n) is 3.86. The molecule has 0 heterocycles. The number of halogens is 1. The maximum Gasteiger partial charge on any atom is 0.00719 e. The van der Waals surface area contributed by atoms with Gasteiger partial charge in [-0.1, -0.05) is 34.1 Å². The molecule has 1 rings (SSSR count).